The number of H-pyrrole nitrogens is 1. The summed E-state index contributed by atoms with van der Waals surface area (Å²) in [7, 11) is 0. The summed E-state index contributed by atoms with van der Waals surface area (Å²) in [6, 6.07) is 7.07. The number of hydrogen-bond donors (Lipinski definition) is 2. The largest absolute Gasteiger partial charge is 0.484 e. The van der Waals surface area contributed by atoms with Crippen LogP contribution in [0, 0.1) is 0 Å². The average Bonchev–Trinajstić information content (AvgIpc) is 2.66. The molecule has 2 aromatic rings. The number of rotatable bonds is 9. The summed E-state index contributed by atoms with van der Waals surface area (Å²) in [6.45, 7) is 4.27. The molecule has 1 heterocycles. The maximum Gasteiger partial charge on any atom is 0.330 e. The van der Waals surface area contributed by atoms with Gasteiger partial charge in [0.25, 0.3) is 11.5 Å². The molecule has 0 aliphatic carbocycles. The number of nitrogens with two attached hydrogens (primary N) is 1. The first kappa shape index (κ1) is 21.7. The lowest BCUT2D eigenvalue weighted by atomic mass is 10.2. The number of nitrogens with one attached hydrogen (secondary N) is 1. The van der Waals surface area contributed by atoms with Gasteiger partial charge in [0.15, 0.2) is 12.3 Å². The molecule has 0 radical (unpaired) electrons. The highest BCUT2D eigenvalue weighted by Crippen LogP contribution is 2.19. The highest BCUT2D eigenvalue weighted by molar-refractivity contribution is 9.10. The number of anilines is 2. The number of benzene rings is 1. The maximum atomic E-state index is 12.8. The zero-order chi connectivity index (χ0) is 20.7. The molecular formula is C19H25BrN4O4. The van der Waals surface area contributed by atoms with Crippen molar-refractivity contribution in [1.29, 1.82) is 0 Å². The minimum Gasteiger partial charge on any atom is -0.484 e. The van der Waals surface area contributed by atoms with E-state index in [4.69, 9.17) is 10.5 Å². The van der Waals surface area contributed by atoms with Crippen LogP contribution in [0.3, 0.4) is 0 Å². The summed E-state index contributed by atoms with van der Waals surface area (Å²) in [4.78, 5) is 40.9. The first-order valence-electron chi connectivity index (χ1n) is 9.20. The predicted octanol–water partition coefficient (Wildman–Crippen LogP) is 2.50. The molecule has 0 bridgehead atoms. The molecule has 0 aliphatic heterocycles. The molecule has 0 spiro atoms. The first-order valence-corrected chi connectivity index (χ1v) is 9.99. The third-order valence-electron chi connectivity index (χ3n) is 4.14. The summed E-state index contributed by atoms with van der Waals surface area (Å²) in [5.41, 5.74) is 4.84. The summed E-state index contributed by atoms with van der Waals surface area (Å²) < 4.78 is 7.73. The molecule has 1 aromatic heterocycles. The third-order valence-corrected chi connectivity index (χ3v) is 4.67. The second kappa shape index (κ2) is 10.1. The lowest BCUT2D eigenvalue weighted by Gasteiger charge is -2.24. The standard InChI is InChI=1S/C19H25BrN4O4/c1-3-5-11-23(15(25)12-28-14-8-6-13(20)7-9-14)16-17(21)24(10-4-2)19(27)22-18(16)26/h6-9H,3-5,10-12,21H2,1-2H3,(H,22,26,27). The van der Waals surface area contributed by atoms with Gasteiger partial charge in [-0.15, -0.1) is 0 Å². The lowest BCUT2D eigenvalue weighted by Crippen LogP contribution is -2.43. The highest BCUT2D eigenvalue weighted by Gasteiger charge is 2.24. The predicted molar refractivity (Wildman–Crippen MR) is 113 cm³/mol. The summed E-state index contributed by atoms with van der Waals surface area (Å²) in [5, 5.41) is 0. The Labute approximate surface area is 171 Å². The minimum atomic E-state index is -0.678. The number of hydrogen-bond acceptors (Lipinski definition) is 5. The Morgan fingerprint density at radius 2 is 1.89 bits per heavy atom. The van der Waals surface area contributed by atoms with Crippen LogP contribution in [0.1, 0.15) is 33.1 Å². The normalized spacial score (nSPS) is 10.7. The van der Waals surface area contributed by atoms with Gasteiger partial charge in [-0.3, -0.25) is 19.1 Å². The van der Waals surface area contributed by atoms with E-state index in [-0.39, 0.29) is 18.1 Å². The van der Waals surface area contributed by atoms with Crippen LogP contribution in [0.2, 0.25) is 0 Å². The fourth-order valence-electron chi connectivity index (χ4n) is 2.72. The quantitative estimate of drug-likeness (QED) is 0.606. The summed E-state index contributed by atoms with van der Waals surface area (Å²) >= 11 is 3.34. The van der Waals surface area contributed by atoms with E-state index < -0.39 is 17.2 Å². The molecule has 0 atom stereocenters. The molecule has 8 nitrogen and oxygen atoms in total. The van der Waals surface area contributed by atoms with Gasteiger partial charge in [-0.1, -0.05) is 36.2 Å². The van der Waals surface area contributed by atoms with Crippen molar-refractivity contribution in [2.75, 3.05) is 23.8 Å². The number of halogens is 1. The monoisotopic (exact) mass is 452 g/mol. The van der Waals surface area contributed by atoms with E-state index in [1.807, 2.05) is 13.8 Å². The van der Waals surface area contributed by atoms with E-state index in [1.54, 1.807) is 24.3 Å². The third kappa shape index (κ3) is 5.25. The van der Waals surface area contributed by atoms with Gasteiger partial charge < -0.3 is 15.4 Å². The van der Waals surface area contributed by atoms with Gasteiger partial charge in [-0.25, -0.2) is 4.79 Å². The maximum absolute atomic E-state index is 12.8. The summed E-state index contributed by atoms with van der Waals surface area (Å²) in [5.74, 6) is 0.115. The Hall–Kier alpha value is -2.55. The first-order chi connectivity index (χ1) is 13.4. The number of carbonyl (C=O) groups is 1. The van der Waals surface area contributed by atoms with E-state index in [9.17, 15) is 14.4 Å². The van der Waals surface area contributed by atoms with Crippen molar-refractivity contribution in [2.24, 2.45) is 0 Å². The molecule has 0 saturated carbocycles. The lowest BCUT2D eigenvalue weighted by molar-refractivity contribution is -0.120. The number of carbonyl (C=O) groups excluding carboxylic acids is 1. The van der Waals surface area contributed by atoms with Crippen LogP contribution in [0.4, 0.5) is 11.5 Å². The van der Waals surface area contributed by atoms with Gasteiger partial charge in [-0.05, 0) is 37.1 Å². The molecule has 1 aromatic carbocycles. The van der Waals surface area contributed by atoms with Crippen LogP contribution in [-0.2, 0) is 11.3 Å². The fourth-order valence-corrected chi connectivity index (χ4v) is 2.98. The van der Waals surface area contributed by atoms with Crippen LogP contribution in [-0.4, -0.2) is 28.6 Å². The van der Waals surface area contributed by atoms with Crippen molar-refractivity contribution in [2.45, 2.75) is 39.7 Å². The number of nitrogen functional groups attached to an aromatic ring is 1. The average molecular weight is 453 g/mol. The van der Waals surface area contributed by atoms with Crippen molar-refractivity contribution in [3.8, 4) is 5.75 Å². The van der Waals surface area contributed by atoms with Gasteiger partial charge in [0.1, 0.15) is 11.6 Å². The van der Waals surface area contributed by atoms with Crippen molar-refractivity contribution in [3.63, 3.8) is 0 Å². The molecule has 28 heavy (non-hydrogen) atoms. The number of unbranched alkanes of at least 4 members (excludes halogenated alkanes) is 1. The molecule has 2 rings (SSSR count). The van der Waals surface area contributed by atoms with Crippen molar-refractivity contribution >= 4 is 33.3 Å². The minimum absolute atomic E-state index is 0.00842. The van der Waals surface area contributed by atoms with Crippen LogP contribution in [0.5, 0.6) is 5.75 Å². The van der Waals surface area contributed by atoms with Crippen LogP contribution in [0.25, 0.3) is 0 Å². The fraction of sp³-hybridized carbons (Fsp3) is 0.421. The van der Waals surface area contributed by atoms with Crippen LogP contribution in [0.15, 0.2) is 38.3 Å². The Kier molecular flexibility index (Phi) is 7.86. The van der Waals surface area contributed by atoms with E-state index in [1.165, 1.54) is 9.47 Å². The number of amides is 1. The van der Waals surface area contributed by atoms with Crippen LogP contribution >= 0.6 is 15.9 Å². The molecule has 152 valence electrons. The Morgan fingerprint density at radius 3 is 2.50 bits per heavy atom. The number of nitrogens with zero attached hydrogens (tertiary/aromatic N) is 2. The second-order valence-corrected chi connectivity index (χ2v) is 7.20. The van der Waals surface area contributed by atoms with Crippen molar-refractivity contribution in [1.82, 2.24) is 9.55 Å². The van der Waals surface area contributed by atoms with E-state index >= 15 is 0 Å². The van der Waals surface area contributed by atoms with E-state index in [0.29, 0.717) is 31.7 Å². The molecule has 3 N–H and O–H groups in total. The van der Waals surface area contributed by atoms with Crippen LogP contribution < -0.4 is 26.6 Å². The zero-order valence-electron chi connectivity index (χ0n) is 16.0. The van der Waals surface area contributed by atoms with Crippen molar-refractivity contribution < 1.29 is 9.53 Å². The number of ether oxygens (including phenoxy) is 1. The number of aromatic amines is 1. The second-order valence-electron chi connectivity index (χ2n) is 6.29. The molecule has 0 unspecified atom stereocenters. The van der Waals surface area contributed by atoms with Gasteiger partial charge in [0.05, 0.1) is 0 Å². The molecule has 0 fully saturated rings. The Morgan fingerprint density at radius 1 is 1.21 bits per heavy atom. The topological polar surface area (TPSA) is 110 Å². The van der Waals surface area contributed by atoms with E-state index in [2.05, 4.69) is 20.9 Å². The highest BCUT2D eigenvalue weighted by atomic mass is 79.9. The summed E-state index contributed by atoms with van der Waals surface area (Å²) in [6.07, 6.45) is 2.16. The Bertz CT molecular complexity index is 921. The van der Waals surface area contributed by atoms with Crippen molar-refractivity contribution in [3.05, 3.63) is 49.6 Å². The molecular weight excluding hydrogens is 428 g/mol. The van der Waals surface area contributed by atoms with E-state index in [0.717, 1.165) is 10.9 Å². The smallest absolute Gasteiger partial charge is 0.330 e. The number of aromatic nitrogens is 2. The molecule has 9 heteroatoms. The molecule has 0 aliphatic rings. The zero-order valence-corrected chi connectivity index (χ0v) is 17.6. The molecule has 1 amide bonds. The SMILES string of the molecule is CCCCN(C(=O)COc1ccc(Br)cc1)c1c(N)n(CCC)c(=O)[nH]c1=O. The molecule has 0 saturated heterocycles. The van der Waals surface area contributed by atoms with Gasteiger partial charge in [0, 0.05) is 17.6 Å². The van der Waals surface area contributed by atoms with Gasteiger partial charge >= 0.3 is 5.69 Å². The Balaban J connectivity index is 2.33. The van der Waals surface area contributed by atoms with Gasteiger partial charge in [-0.2, -0.15) is 0 Å². The van der Waals surface area contributed by atoms with Gasteiger partial charge in [0.2, 0.25) is 0 Å².